The van der Waals surface area contributed by atoms with Crippen LogP contribution >= 0.6 is 0 Å². The van der Waals surface area contributed by atoms with Crippen molar-refractivity contribution in [1.82, 2.24) is 5.32 Å². The van der Waals surface area contributed by atoms with Crippen LogP contribution in [0.3, 0.4) is 0 Å². The molecule has 0 aromatic heterocycles. The molecule has 1 unspecified atom stereocenters. The minimum Gasteiger partial charge on any atom is -0.381 e. The van der Waals surface area contributed by atoms with Crippen LogP contribution in [0.5, 0.6) is 0 Å². The zero-order valence-electron chi connectivity index (χ0n) is 11.4. The molecule has 1 aliphatic heterocycles. The average Bonchev–Trinajstić information content (AvgIpc) is 2.28. The van der Waals surface area contributed by atoms with Gasteiger partial charge in [0.15, 0.2) is 0 Å². The van der Waals surface area contributed by atoms with Gasteiger partial charge in [0, 0.05) is 12.6 Å². The lowest BCUT2D eigenvalue weighted by atomic mass is 9.85. The van der Waals surface area contributed by atoms with E-state index in [1.165, 1.54) is 13.8 Å². The van der Waals surface area contributed by atoms with Crippen LogP contribution in [0, 0.1) is 0 Å². The van der Waals surface area contributed by atoms with Gasteiger partial charge in [-0.15, -0.1) is 0 Å². The summed E-state index contributed by atoms with van der Waals surface area (Å²) in [7, 11) is 0. The third kappa shape index (κ3) is 3.68. The Kier molecular flexibility index (Phi) is 4.55. The maximum atomic E-state index is 11.7. The van der Waals surface area contributed by atoms with Crippen molar-refractivity contribution in [2.45, 2.75) is 70.6 Å². The number of hydrogen-bond donors (Lipinski definition) is 2. The Morgan fingerprint density at radius 2 is 2.06 bits per heavy atom. The fraction of sp³-hybridized carbons (Fsp3) is 0.923. The van der Waals surface area contributed by atoms with Crippen molar-refractivity contribution < 1.29 is 14.6 Å². The van der Waals surface area contributed by atoms with Gasteiger partial charge >= 0.3 is 0 Å². The molecule has 100 valence electrons. The molecule has 0 saturated carbocycles. The normalized spacial score (nSPS) is 24.4. The predicted molar refractivity (Wildman–Crippen MR) is 66.7 cm³/mol. The van der Waals surface area contributed by atoms with Gasteiger partial charge in [-0.25, -0.2) is 0 Å². The Hall–Kier alpha value is -0.610. The van der Waals surface area contributed by atoms with Crippen molar-refractivity contribution in [1.29, 1.82) is 0 Å². The first kappa shape index (κ1) is 14.5. The van der Waals surface area contributed by atoms with Gasteiger partial charge in [-0.2, -0.15) is 0 Å². The highest BCUT2D eigenvalue weighted by atomic mass is 16.5. The van der Waals surface area contributed by atoms with E-state index in [4.69, 9.17) is 4.74 Å². The molecular weight excluding hydrogens is 218 g/mol. The molecule has 1 heterocycles. The second-order valence-corrected chi connectivity index (χ2v) is 5.46. The molecule has 17 heavy (non-hydrogen) atoms. The van der Waals surface area contributed by atoms with E-state index < -0.39 is 5.60 Å². The number of aliphatic hydroxyl groups is 1. The van der Waals surface area contributed by atoms with Gasteiger partial charge in [0.25, 0.3) is 5.91 Å². The van der Waals surface area contributed by atoms with Crippen molar-refractivity contribution in [3.63, 3.8) is 0 Å². The molecule has 0 bridgehead atoms. The topological polar surface area (TPSA) is 58.6 Å². The molecule has 1 amide bonds. The number of hydrogen-bond acceptors (Lipinski definition) is 3. The molecule has 2 N–H and O–H groups in total. The minimum absolute atomic E-state index is 0.101. The summed E-state index contributed by atoms with van der Waals surface area (Å²) in [6, 6.07) is 0.113. The Labute approximate surface area is 104 Å². The second-order valence-electron chi connectivity index (χ2n) is 5.46. The number of carbonyl (C=O) groups is 1. The monoisotopic (exact) mass is 243 g/mol. The van der Waals surface area contributed by atoms with Gasteiger partial charge in [0.05, 0.1) is 5.60 Å². The third-order valence-corrected chi connectivity index (χ3v) is 3.67. The third-order valence-electron chi connectivity index (χ3n) is 3.67. The first-order chi connectivity index (χ1) is 7.83. The number of amides is 1. The Morgan fingerprint density at radius 3 is 2.53 bits per heavy atom. The van der Waals surface area contributed by atoms with Gasteiger partial charge in [-0.3, -0.25) is 4.79 Å². The van der Waals surface area contributed by atoms with Gasteiger partial charge in [0.1, 0.15) is 5.60 Å². The fourth-order valence-electron chi connectivity index (χ4n) is 2.26. The van der Waals surface area contributed by atoms with E-state index in [1.807, 2.05) is 0 Å². The van der Waals surface area contributed by atoms with E-state index in [0.717, 1.165) is 25.7 Å². The Balaban J connectivity index is 2.59. The highest BCUT2D eigenvalue weighted by Crippen LogP contribution is 2.31. The van der Waals surface area contributed by atoms with Crippen LogP contribution < -0.4 is 5.32 Å². The lowest BCUT2D eigenvalue weighted by molar-refractivity contribution is -0.140. The van der Waals surface area contributed by atoms with Crippen molar-refractivity contribution in [2.24, 2.45) is 0 Å². The zero-order valence-corrected chi connectivity index (χ0v) is 11.4. The molecule has 4 heteroatoms. The van der Waals surface area contributed by atoms with Gasteiger partial charge in [-0.05, 0) is 39.5 Å². The molecule has 1 fully saturated rings. The number of rotatable bonds is 4. The second kappa shape index (κ2) is 5.36. The lowest BCUT2D eigenvalue weighted by Crippen LogP contribution is -2.52. The number of nitrogens with one attached hydrogen (secondary N) is 1. The summed E-state index contributed by atoms with van der Waals surface area (Å²) >= 11 is 0. The predicted octanol–water partition coefficient (Wildman–Crippen LogP) is 1.61. The molecule has 1 rings (SSSR count). The van der Waals surface area contributed by atoms with Crippen LogP contribution in [0.1, 0.15) is 53.4 Å². The fourth-order valence-corrected chi connectivity index (χ4v) is 2.26. The standard InChI is InChI=1S/C13H25NO3/c1-5-13(6-2)9-10(7-8-17-13)14-11(15)12(3,4)16/h10,16H,5-9H2,1-4H3,(H,14,15). The summed E-state index contributed by atoms with van der Waals surface area (Å²) in [5.41, 5.74) is -1.41. The summed E-state index contributed by atoms with van der Waals surface area (Å²) in [6.07, 6.45) is 3.57. The van der Waals surface area contributed by atoms with Crippen molar-refractivity contribution >= 4 is 5.91 Å². The van der Waals surface area contributed by atoms with E-state index in [9.17, 15) is 9.90 Å². The van der Waals surface area contributed by atoms with Crippen molar-refractivity contribution in [3.05, 3.63) is 0 Å². The van der Waals surface area contributed by atoms with Gasteiger partial charge in [-0.1, -0.05) is 13.8 Å². The van der Waals surface area contributed by atoms with E-state index >= 15 is 0 Å². The summed E-state index contributed by atoms with van der Waals surface area (Å²) in [5, 5.41) is 12.5. The van der Waals surface area contributed by atoms with E-state index in [-0.39, 0.29) is 17.6 Å². The molecule has 4 nitrogen and oxygen atoms in total. The van der Waals surface area contributed by atoms with E-state index in [2.05, 4.69) is 19.2 Å². The van der Waals surface area contributed by atoms with Crippen LogP contribution in [-0.2, 0) is 9.53 Å². The largest absolute Gasteiger partial charge is 0.381 e. The van der Waals surface area contributed by atoms with Crippen molar-refractivity contribution in [3.8, 4) is 0 Å². The molecule has 0 spiro atoms. The SMILES string of the molecule is CCC1(CC)CC(NC(=O)C(C)(C)O)CCO1. The maximum Gasteiger partial charge on any atom is 0.251 e. The van der Waals surface area contributed by atoms with Crippen LogP contribution in [0.25, 0.3) is 0 Å². The van der Waals surface area contributed by atoms with Crippen LogP contribution in [0.4, 0.5) is 0 Å². The highest BCUT2D eigenvalue weighted by Gasteiger charge is 2.36. The molecular formula is C13H25NO3. The first-order valence-corrected chi connectivity index (χ1v) is 6.50. The summed E-state index contributed by atoms with van der Waals surface area (Å²) < 4.78 is 5.85. The molecule has 0 aromatic carbocycles. The van der Waals surface area contributed by atoms with Crippen LogP contribution in [0.2, 0.25) is 0 Å². The molecule has 1 atom stereocenters. The summed E-state index contributed by atoms with van der Waals surface area (Å²) in [6.45, 7) is 7.93. The molecule has 0 aromatic rings. The minimum atomic E-state index is -1.31. The lowest BCUT2D eigenvalue weighted by Gasteiger charge is -2.40. The van der Waals surface area contributed by atoms with Crippen LogP contribution in [-0.4, -0.2) is 34.9 Å². The smallest absolute Gasteiger partial charge is 0.251 e. The highest BCUT2D eigenvalue weighted by molar-refractivity contribution is 5.84. The van der Waals surface area contributed by atoms with Crippen LogP contribution in [0.15, 0.2) is 0 Å². The molecule has 0 radical (unpaired) electrons. The van der Waals surface area contributed by atoms with Gasteiger partial charge in [0.2, 0.25) is 0 Å². The Bertz CT molecular complexity index is 266. The quantitative estimate of drug-likeness (QED) is 0.788. The molecule has 1 aliphatic rings. The van der Waals surface area contributed by atoms with Crippen molar-refractivity contribution in [2.75, 3.05) is 6.61 Å². The maximum absolute atomic E-state index is 11.7. The first-order valence-electron chi connectivity index (χ1n) is 6.50. The summed E-state index contributed by atoms with van der Waals surface area (Å²) in [5.74, 6) is -0.300. The zero-order chi connectivity index (χ0) is 13.1. The van der Waals surface area contributed by atoms with E-state index in [1.54, 1.807) is 0 Å². The molecule has 0 aliphatic carbocycles. The number of carbonyl (C=O) groups excluding carboxylic acids is 1. The number of ether oxygens (including phenoxy) is 1. The molecule has 1 saturated heterocycles. The van der Waals surface area contributed by atoms with Gasteiger partial charge < -0.3 is 15.2 Å². The summed E-state index contributed by atoms with van der Waals surface area (Å²) in [4.78, 5) is 11.7. The average molecular weight is 243 g/mol. The Morgan fingerprint density at radius 1 is 1.47 bits per heavy atom. The van der Waals surface area contributed by atoms with E-state index in [0.29, 0.717) is 6.61 Å².